The van der Waals surface area contributed by atoms with E-state index in [9.17, 15) is 14.4 Å². The maximum Gasteiger partial charge on any atom is 0.391 e. The lowest BCUT2D eigenvalue weighted by atomic mass is 9.84. The topological polar surface area (TPSA) is 157 Å². The van der Waals surface area contributed by atoms with Crippen molar-refractivity contribution in [1.82, 2.24) is 29.9 Å². The Bertz CT molecular complexity index is 2450. The number of hydrazine groups is 1. The normalized spacial score (nSPS) is 26.4. The number of thiazole rings is 1. The zero-order chi connectivity index (χ0) is 45.6. The number of carbonyl (C=O) groups is 4. The number of ether oxygens (including phenoxy) is 4. The number of benzene rings is 1. The van der Waals surface area contributed by atoms with E-state index in [2.05, 4.69) is 61.7 Å². The van der Waals surface area contributed by atoms with E-state index < -0.39 is 53.2 Å². The van der Waals surface area contributed by atoms with Crippen LogP contribution in [0.5, 0.6) is 0 Å². The van der Waals surface area contributed by atoms with Crippen molar-refractivity contribution in [2.24, 2.45) is 23.2 Å². The molecular weight excluding hydrogens is 835 g/mol. The lowest BCUT2D eigenvalue weighted by Gasteiger charge is -2.35. The number of aryl methyl sites for hydroxylation is 1. The summed E-state index contributed by atoms with van der Waals surface area (Å²) in [6, 6.07) is 8.29. The molecule has 3 amide bonds. The van der Waals surface area contributed by atoms with Gasteiger partial charge in [-0.15, -0.1) is 11.3 Å². The number of nitrogens with one attached hydrogen (secondary N) is 1. The number of aromatic nitrogens is 3. The quantitative estimate of drug-likeness (QED) is 0.113. The highest BCUT2D eigenvalue weighted by molar-refractivity contribution is 7.10. The number of likely N-dealkylation sites (tertiary alicyclic amines) is 1. The van der Waals surface area contributed by atoms with Gasteiger partial charge >= 0.3 is 17.8 Å². The zero-order valence-corrected chi connectivity index (χ0v) is 39.1. The maximum atomic E-state index is 15.0. The summed E-state index contributed by atoms with van der Waals surface area (Å²) in [6.07, 6.45) is 2.75. The summed E-state index contributed by atoms with van der Waals surface area (Å²) in [5.74, 6) is -2.91. The largest absolute Gasteiger partial charge is 0.464 e. The molecule has 3 fully saturated rings. The number of fused-ring (bicyclic) bond motifs is 6. The number of nitrogens with zero attached hydrogens (tertiary/aromatic N) is 6. The van der Waals surface area contributed by atoms with Crippen LogP contribution in [0.2, 0.25) is 0 Å². The first-order valence-corrected chi connectivity index (χ1v) is 23.5. The minimum Gasteiger partial charge on any atom is -0.464 e. The van der Waals surface area contributed by atoms with Gasteiger partial charge in [0, 0.05) is 86.0 Å². The predicted molar refractivity (Wildman–Crippen MR) is 242 cm³/mol. The zero-order valence-electron chi connectivity index (χ0n) is 38.3. The Morgan fingerprint density at radius 2 is 1.92 bits per heavy atom. The Morgan fingerprint density at radius 1 is 1.12 bits per heavy atom. The van der Waals surface area contributed by atoms with Gasteiger partial charge in [-0.1, -0.05) is 26.8 Å². The summed E-state index contributed by atoms with van der Waals surface area (Å²) in [5.41, 5.74) is 9.16. The fourth-order valence-electron chi connectivity index (χ4n) is 9.96. The average molecular weight is 897 g/mol. The number of amides is 3. The van der Waals surface area contributed by atoms with Crippen molar-refractivity contribution < 1.29 is 42.7 Å². The van der Waals surface area contributed by atoms with E-state index in [0.29, 0.717) is 49.6 Å². The van der Waals surface area contributed by atoms with Gasteiger partial charge in [-0.05, 0) is 82.2 Å². The molecule has 0 unspecified atom stereocenters. The molecule has 4 aliphatic rings. The fraction of sp³-hybridized carbons (Fsp3) is 0.562. The van der Waals surface area contributed by atoms with Crippen molar-refractivity contribution in [3.63, 3.8) is 0 Å². The van der Waals surface area contributed by atoms with Crippen molar-refractivity contribution in [2.45, 2.75) is 104 Å². The number of carbonyl (C=O) groups excluding carboxylic acids is 4. The highest BCUT2D eigenvalue weighted by Crippen LogP contribution is 2.49. The van der Waals surface area contributed by atoms with Crippen molar-refractivity contribution >= 4 is 52.6 Å². The lowest BCUT2D eigenvalue weighted by Crippen LogP contribution is -2.60. The Kier molecular flexibility index (Phi) is 13.2. The Balaban J connectivity index is 1.23. The SMILES string of the molecule is C=[N+](C(=O)[C@@H]1[C@@H](C)[C@H]1C(=O)N1CC[C@@H](OC)C1)[C@@H]1C(=O)N2CCC[C@H](N2)C(=O)OCC(C)(C)Cc2c(-c3cccnc3[C@H](C)OC)n(CC)c3ccc(cc23)-c2csc(n2)[C@H]1OCC. The summed E-state index contributed by atoms with van der Waals surface area (Å²) in [7, 11) is 3.32. The minimum atomic E-state index is -1.28. The van der Waals surface area contributed by atoms with E-state index in [-0.39, 0.29) is 43.8 Å². The molecule has 1 saturated carbocycles. The van der Waals surface area contributed by atoms with Crippen molar-refractivity contribution in [3.8, 4) is 22.5 Å². The summed E-state index contributed by atoms with van der Waals surface area (Å²) in [4.78, 5) is 69.0. The second-order valence-corrected chi connectivity index (χ2v) is 19.3. The molecular formula is C48H62N7O8S+. The van der Waals surface area contributed by atoms with E-state index in [0.717, 1.165) is 45.4 Å². The molecule has 342 valence electrons. The van der Waals surface area contributed by atoms with E-state index >= 15 is 4.79 Å². The average Bonchev–Trinajstić information content (AvgIpc) is 3.70. The molecule has 8 rings (SSSR count). The predicted octanol–water partition coefficient (Wildman–Crippen LogP) is 5.99. The van der Waals surface area contributed by atoms with Crippen LogP contribution in [0.1, 0.15) is 89.3 Å². The Labute approximate surface area is 379 Å². The molecule has 3 aromatic heterocycles. The van der Waals surface area contributed by atoms with Crippen LogP contribution in [0.4, 0.5) is 0 Å². The van der Waals surface area contributed by atoms with E-state index in [1.165, 1.54) is 20.9 Å². The number of hydrogen-bond acceptors (Lipinski definition) is 12. The van der Waals surface area contributed by atoms with E-state index in [4.69, 9.17) is 28.9 Å². The summed E-state index contributed by atoms with van der Waals surface area (Å²) in [5, 5.41) is 4.89. The van der Waals surface area contributed by atoms with Crippen LogP contribution in [0.25, 0.3) is 33.4 Å². The molecule has 1 aromatic carbocycles. The molecule has 4 aromatic rings. The third kappa shape index (κ3) is 8.55. The van der Waals surface area contributed by atoms with Crippen molar-refractivity contribution in [2.75, 3.05) is 47.1 Å². The second-order valence-electron chi connectivity index (χ2n) is 18.4. The summed E-state index contributed by atoms with van der Waals surface area (Å²) < 4.78 is 27.4. The number of pyridine rings is 1. The molecule has 64 heavy (non-hydrogen) atoms. The number of methoxy groups -OCH3 is 2. The van der Waals surface area contributed by atoms with Gasteiger partial charge in [-0.2, -0.15) is 4.58 Å². The fourth-order valence-corrected chi connectivity index (χ4v) is 10.9. The van der Waals surface area contributed by atoms with Gasteiger partial charge in [0.05, 0.1) is 41.8 Å². The maximum absolute atomic E-state index is 15.0. The van der Waals surface area contributed by atoms with Crippen molar-refractivity contribution in [1.29, 1.82) is 0 Å². The van der Waals surface area contributed by atoms with Crippen LogP contribution in [0.15, 0.2) is 41.9 Å². The highest BCUT2D eigenvalue weighted by Gasteiger charge is 2.63. The first-order valence-electron chi connectivity index (χ1n) is 22.6. The molecule has 1 N–H and O–H groups in total. The first kappa shape index (κ1) is 45.7. The van der Waals surface area contributed by atoms with E-state index in [1.54, 1.807) is 25.3 Å². The summed E-state index contributed by atoms with van der Waals surface area (Å²) in [6.45, 7) is 18.6. The molecule has 15 nitrogen and oxygen atoms in total. The first-order chi connectivity index (χ1) is 30.7. The minimum absolute atomic E-state index is 0.0370. The molecule has 6 heterocycles. The summed E-state index contributed by atoms with van der Waals surface area (Å²) >= 11 is 1.35. The molecule has 16 heteroatoms. The molecule has 8 atom stereocenters. The molecule has 0 radical (unpaired) electrons. The Hall–Kier alpha value is -4.87. The van der Waals surface area contributed by atoms with Gasteiger partial charge in [0.2, 0.25) is 5.91 Å². The van der Waals surface area contributed by atoms with Crippen LogP contribution in [-0.2, 0) is 51.1 Å². The van der Waals surface area contributed by atoms with Gasteiger partial charge in [-0.3, -0.25) is 24.4 Å². The van der Waals surface area contributed by atoms with Gasteiger partial charge in [0.25, 0.3) is 6.04 Å². The molecule has 0 spiro atoms. The van der Waals surface area contributed by atoms with Crippen LogP contribution >= 0.6 is 11.3 Å². The molecule has 1 aliphatic carbocycles. The number of esters is 1. The highest BCUT2D eigenvalue weighted by atomic mass is 32.1. The van der Waals surface area contributed by atoms with Crippen LogP contribution in [-0.4, -0.2) is 125 Å². The standard InChI is InChI=1S/C48H62N7O8S/c1-10-54-36-17-16-29-22-32(36)33(40(54)31-14-12-19-49-39(31)28(4)60-8)23-48(5,6)26-63-47(59)34-15-13-20-55(51-34)46(58)41(42(62-11-2)43-50-35(29)25-64-43)52(7)44(56)37-27(3)38(37)45(57)53-21-18-30(24-53)61-9/h12,14,16-17,19,22,25,27-28,30,34,37-38,41-42,51H,7,10-11,13,15,18,20-21,23-24,26H2,1-6,8-9H3/q+1/t27-,28+,30-,34+,37-,38-,41+,42+/m1/s1. The monoisotopic (exact) mass is 896 g/mol. The van der Waals surface area contributed by atoms with Gasteiger partial charge in [0.15, 0.2) is 6.10 Å². The number of hydrogen-bond donors (Lipinski definition) is 1. The molecule has 3 aliphatic heterocycles. The molecule has 6 bridgehead atoms. The lowest BCUT2D eigenvalue weighted by molar-refractivity contribution is -0.486. The smallest absolute Gasteiger partial charge is 0.391 e. The van der Waals surface area contributed by atoms with Gasteiger partial charge in [-0.25, -0.2) is 15.2 Å². The van der Waals surface area contributed by atoms with Gasteiger partial charge < -0.3 is 28.4 Å². The number of rotatable bonds is 10. The number of cyclic esters (lactones) is 1. The van der Waals surface area contributed by atoms with Crippen LogP contribution in [0.3, 0.4) is 0 Å². The van der Waals surface area contributed by atoms with Crippen molar-refractivity contribution in [3.05, 3.63) is 58.2 Å². The second kappa shape index (κ2) is 18.6. The third-order valence-electron chi connectivity index (χ3n) is 13.6. The Morgan fingerprint density at radius 3 is 2.64 bits per heavy atom. The third-order valence-corrected chi connectivity index (χ3v) is 14.5. The van der Waals surface area contributed by atoms with E-state index in [1.807, 2.05) is 32.2 Å². The van der Waals surface area contributed by atoms with Crippen LogP contribution in [0, 0.1) is 23.2 Å². The molecule has 2 saturated heterocycles. The van der Waals surface area contributed by atoms with Gasteiger partial charge in [0.1, 0.15) is 23.7 Å². The van der Waals surface area contributed by atoms with Crippen LogP contribution < -0.4 is 5.43 Å².